The predicted octanol–water partition coefficient (Wildman–Crippen LogP) is 2.85. The van der Waals surface area contributed by atoms with Gasteiger partial charge in [0.25, 0.3) is 0 Å². The predicted molar refractivity (Wildman–Crippen MR) is 66.5 cm³/mol. The van der Waals surface area contributed by atoms with Crippen molar-refractivity contribution in [1.82, 2.24) is 4.98 Å². The molecule has 3 heteroatoms. The summed E-state index contributed by atoms with van der Waals surface area (Å²) < 4.78 is 5.62. The molecule has 2 rings (SSSR count). The molecule has 1 aromatic carbocycles. The molecule has 0 radical (unpaired) electrons. The van der Waals surface area contributed by atoms with Gasteiger partial charge < -0.3 is 10.5 Å². The van der Waals surface area contributed by atoms with E-state index in [1.807, 2.05) is 30.3 Å². The Kier molecular flexibility index (Phi) is 2.95. The number of para-hydroxylation sites is 1. The van der Waals surface area contributed by atoms with Gasteiger partial charge in [-0.15, -0.1) is 0 Å². The summed E-state index contributed by atoms with van der Waals surface area (Å²) in [5.41, 5.74) is 6.74. The molecule has 84 valence electrons. The number of nitrogens with zero attached hydrogens (tertiary/aromatic N) is 1. The first-order chi connectivity index (χ1) is 7.66. The average molecular weight is 216 g/mol. The summed E-state index contributed by atoms with van der Waals surface area (Å²) in [5, 5.41) is 1.05. The lowest BCUT2D eigenvalue weighted by molar-refractivity contribution is 0.272. The van der Waals surface area contributed by atoms with Crippen LogP contribution in [-0.4, -0.2) is 11.6 Å². The van der Waals surface area contributed by atoms with Crippen LogP contribution in [-0.2, 0) is 0 Å². The molecule has 0 saturated heterocycles. The van der Waals surface area contributed by atoms with Gasteiger partial charge in [0.15, 0.2) is 11.6 Å². The van der Waals surface area contributed by atoms with Gasteiger partial charge in [-0.3, -0.25) is 0 Å². The van der Waals surface area contributed by atoms with Crippen molar-refractivity contribution in [3.05, 3.63) is 30.3 Å². The lowest BCUT2D eigenvalue weighted by Crippen LogP contribution is -2.07. The van der Waals surface area contributed by atoms with Crippen LogP contribution in [0.4, 0.5) is 5.82 Å². The van der Waals surface area contributed by atoms with Crippen LogP contribution < -0.4 is 10.5 Å². The van der Waals surface area contributed by atoms with Crippen molar-refractivity contribution in [3.8, 4) is 5.75 Å². The van der Waals surface area contributed by atoms with Crippen molar-refractivity contribution in [2.45, 2.75) is 13.8 Å². The van der Waals surface area contributed by atoms with Gasteiger partial charge in [-0.1, -0.05) is 32.0 Å². The molecule has 0 spiro atoms. The number of hydrogen-bond acceptors (Lipinski definition) is 3. The summed E-state index contributed by atoms with van der Waals surface area (Å²) in [6.07, 6.45) is 0. The standard InChI is InChI=1S/C13H16N2O/c1-9(2)8-16-12-7-10-5-3-4-6-11(10)15-13(12)14/h3-7,9H,8H2,1-2H3,(H2,14,15). The molecule has 0 amide bonds. The Bertz CT molecular complexity index is 494. The minimum absolute atomic E-state index is 0.458. The first kappa shape index (κ1) is 10.7. The topological polar surface area (TPSA) is 48.1 Å². The number of fused-ring (bicyclic) bond motifs is 1. The Morgan fingerprint density at radius 1 is 1.31 bits per heavy atom. The lowest BCUT2D eigenvalue weighted by atomic mass is 10.2. The molecule has 0 aliphatic carbocycles. The molecular formula is C13H16N2O. The maximum absolute atomic E-state index is 5.84. The summed E-state index contributed by atoms with van der Waals surface area (Å²) in [5.74, 6) is 1.61. The second-order valence-corrected chi connectivity index (χ2v) is 4.27. The maximum atomic E-state index is 5.84. The molecule has 1 aromatic heterocycles. The first-order valence-electron chi connectivity index (χ1n) is 5.45. The van der Waals surface area contributed by atoms with Crippen LogP contribution in [0.5, 0.6) is 5.75 Å². The number of benzene rings is 1. The average Bonchev–Trinajstić information content (AvgIpc) is 2.26. The molecule has 0 saturated carbocycles. The Balaban J connectivity index is 2.34. The highest BCUT2D eigenvalue weighted by molar-refractivity contribution is 5.82. The third-order valence-corrected chi connectivity index (χ3v) is 2.29. The van der Waals surface area contributed by atoms with Crippen molar-refractivity contribution in [2.24, 2.45) is 5.92 Å². The number of pyridine rings is 1. The number of ether oxygens (including phenoxy) is 1. The molecule has 0 aliphatic rings. The van der Waals surface area contributed by atoms with E-state index in [2.05, 4.69) is 18.8 Å². The van der Waals surface area contributed by atoms with E-state index in [-0.39, 0.29) is 0 Å². The Labute approximate surface area is 95.2 Å². The fraction of sp³-hybridized carbons (Fsp3) is 0.308. The summed E-state index contributed by atoms with van der Waals surface area (Å²) in [4.78, 5) is 4.31. The van der Waals surface area contributed by atoms with Crippen molar-refractivity contribution >= 4 is 16.7 Å². The molecule has 1 heterocycles. The monoisotopic (exact) mass is 216 g/mol. The van der Waals surface area contributed by atoms with Crippen LogP contribution in [0, 0.1) is 5.92 Å². The summed E-state index contributed by atoms with van der Waals surface area (Å²) in [6, 6.07) is 9.82. The number of aromatic nitrogens is 1. The van der Waals surface area contributed by atoms with Crippen molar-refractivity contribution < 1.29 is 4.74 Å². The highest BCUT2D eigenvalue weighted by atomic mass is 16.5. The fourth-order valence-corrected chi connectivity index (χ4v) is 1.48. The normalized spacial score (nSPS) is 10.9. The summed E-state index contributed by atoms with van der Waals surface area (Å²) in [7, 11) is 0. The Morgan fingerprint density at radius 3 is 2.81 bits per heavy atom. The lowest BCUT2D eigenvalue weighted by Gasteiger charge is -2.11. The third-order valence-electron chi connectivity index (χ3n) is 2.29. The van der Waals surface area contributed by atoms with Gasteiger partial charge in [0.05, 0.1) is 12.1 Å². The number of anilines is 1. The zero-order chi connectivity index (χ0) is 11.5. The van der Waals surface area contributed by atoms with Crippen LogP contribution >= 0.6 is 0 Å². The fourth-order valence-electron chi connectivity index (χ4n) is 1.48. The summed E-state index contributed by atoms with van der Waals surface area (Å²) in [6.45, 7) is 4.86. The van der Waals surface area contributed by atoms with Gasteiger partial charge in [0.1, 0.15) is 0 Å². The van der Waals surface area contributed by atoms with Crippen molar-refractivity contribution in [2.75, 3.05) is 12.3 Å². The van der Waals surface area contributed by atoms with E-state index in [1.165, 1.54) is 0 Å². The molecule has 0 atom stereocenters. The highest BCUT2D eigenvalue weighted by Crippen LogP contribution is 2.25. The number of nitrogens with two attached hydrogens (primary N) is 1. The van der Waals surface area contributed by atoms with Gasteiger partial charge in [-0.25, -0.2) is 4.98 Å². The molecule has 0 aliphatic heterocycles. The van der Waals surface area contributed by atoms with Crippen LogP contribution in [0.15, 0.2) is 30.3 Å². The zero-order valence-corrected chi connectivity index (χ0v) is 9.60. The van der Waals surface area contributed by atoms with E-state index in [9.17, 15) is 0 Å². The number of nitrogen functional groups attached to an aromatic ring is 1. The van der Waals surface area contributed by atoms with E-state index in [0.717, 1.165) is 10.9 Å². The van der Waals surface area contributed by atoms with Crippen LogP contribution in [0.2, 0.25) is 0 Å². The van der Waals surface area contributed by atoms with E-state index in [1.54, 1.807) is 0 Å². The van der Waals surface area contributed by atoms with E-state index >= 15 is 0 Å². The zero-order valence-electron chi connectivity index (χ0n) is 9.60. The Morgan fingerprint density at radius 2 is 2.06 bits per heavy atom. The third kappa shape index (κ3) is 2.24. The quantitative estimate of drug-likeness (QED) is 0.858. The molecule has 0 fully saturated rings. The van der Waals surface area contributed by atoms with Gasteiger partial charge in [0, 0.05) is 5.39 Å². The second-order valence-electron chi connectivity index (χ2n) is 4.27. The Hall–Kier alpha value is -1.77. The van der Waals surface area contributed by atoms with E-state index in [4.69, 9.17) is 10.5 Å². The molecule has 0 unspecified atom stereocenters. The van der Waals surface area contributed by atoms with Crippen molar-refractivity contribution in [3.63, 3.8) is 0 Å². The smallest absolute Gasteiger partial charge is 0.166 e. The maximum Gasteiger partial charge on any atom is 0.166 e. The largest absolute Gasteiger partial charge is 0.489 e. The van der Waals surface area contributed by atoms with Gasteiger partial charge in [-0.05, 0) is 18.1 Å². The minimum atomic E-state index is 0.458. The van der Waals surface area contributed by atoms with Crippen LogP contribution in [0.3, 0.4) is 0 Å². The molecule has 2 N–H and O–H groups in total. The van der Waals surface area contributed by atoms with Crippen molar-refractivity contribution in [1.29, 1.82) is 0 Å². The SMILES string of the molecule is CC(C)COc1cc2ccccc2nc1N. The molecular weight excluding hydrogens is 200 g/mol. The number of rotatable bonds is 3. The van der Waals surface area contributed by atoms with Gasteiger partial charge in [-0.2, -0.15) is 0 Å². The first-order valence-corrected chi connectivity index (χ1v) is 5.45. The van der Waals surface area contributed by atoms with E-state index < -0.39 is 0 Å². The molecule has 2 aromatic rings. The number of hydrogen-bond donors (Lipinski definition) is 1. The highest BCUT2D eigenvalue weighted by Gasteiger charge is 2.05. The van der Waals surface area contributed by atoms with Crippen LogP contribution in [0.25, 0.3) is 10.9 Å². The molecule has 3 nitrogen and oxygen atoms in total. The van der Waals surface area contributed by atoms with Crippen LogP contribution in [0.1, 0.15) is 13.8 Å². The molecule has 0 bridgehead atoms. The summed E-state index contributed by atoms with van der Waals surface area (Å²) >= 11 is 0. The van der Waals surface area contributed by atoms with Gasteiger partial charge in [0.2, 0.25) is 0 Å². The second kappa shape index (κ2) is 4.39. The molecule has 16 heavy (non-hydrogen) atoms. The minimum Gasteiger partial charge on any atom is -0.489 e. The van der Waals surface area contributed by atoms with Gasteiger partial charge >= 0.3 is 0 Å². The van der Waals surface area contributed by atoms with E-state index in [0.29, 0.717) is 24.1 Å².